The number of non-ortho nitro benzene ring substituents is 1. The van der Waals surface area contributed by atoms with Crippen LogP contribution in [0.5, 0.6) is 0 Å². The summed E-state index contributed by atoms with van der Waals surface area (Å²) < 4.78 is 0. The molecule has 0 saturated carbocycles. The normalized spacial score (nSPS) is 23.1. The van der Waals surface area contributed by atoms with Crippen molar-refractivity contribution < 1.29 is 14.5 Å². The summed E-state index contributed by atoms with van der Waals surface area (Å²) in [5.41, 5.74) is 4.67. The van der Waals surface area contributed by atoms with Crippen molar-refractivity contribution >= 4 is 17.6 Å². The van der Waals surface area contributed by atoms with Crippen LogP contribution >= 0.6 is 0 Å². The van der Waals surface area contributed by atoms with Crippen LogP contribution in [0.1, 0.15) is 19.4 Å². The van der Waals surface area contributed by atoms with Crippen molar-refractivity contribution in [2.24, 2.45) is 5.73 Å². The van der Waals surface area contributed by atoms with E-state index in [1.165, 1.54) is 24.3 Å². The predicted molar refractivity (Wildman–Crippen MR) is 74.3 cm³/mol. The van der Waals surface area contributed by atoms with Crippen LogP contribution in [0, 0.1) is 10.1 Å². The third-order valence-corrected chi connectivity index (χ3v) is 3.66. The fraction of sp³-hybridized carbons (Fsp3) is 0.385. The van der Waals surface area contributed by atoms with Gasteiger partial charge in [-0.3, -0.25) is 19.8 Å². The first-order valence-corrected chi connectivity index (χ1v) is 6.42. The third kappa shape index (κ3) is 2.33. The summed E-state index contributed by atoms with van der Waals surface area (Å²) in [6.45, 7) is 3.41. The Labute approximate surface area is 121 Å². The van der Waals surface area contributed by atoms with E-state index in [1.54, 1.807) is 13.8 Å². The van der Waals surface area contributed by atoms with E-state index in [0.29, 0.717) is 5.56 Å². The molecule has 3 N–H and O–H groups in total. The predicted octanol–water partition coefficient (Wildman–Crippen LogP) is 0.709. The zero-order chi connectivity index (χ0) is 15.8. The number of nitrogens with one attached hydrogen (secondary N) is 1. The highest BCUT2D eigenvalue weighted by Gasteiger charge is 2.50. The quantitative estimate of drug-likeness (QED) is 0.481. The second-order valence-electron chi connectivity index (χ2n) is 5.12. The summed E-state index contributed by atoms with van der Waals surface area (Å²) in [6, 6.07) is 4.60. The molecule has 1 fully saturated rings. The summed E-state index contributed by atoms with van der Waals surface area (Å²) in [6.07, 6.45) is 0. The Morgan fingerprint density at radius 3 is 2.43 bits per heavy atom. The highest BCUT2D eigenvalue weighted by molar-refractivity contribution is 6.07. The van der Waals surface area contributed by atoms with Gasteiger partial charge in [0.05, 0.1) is 11.0 Å². The Hall–Kier alpha value is -2.48. The molecule has 2 atom stereocenters. The molecule has 1 saturated heterocycles. The van der Waals surface area contributed by atoms with Gasteiger partial charge in [-0.2, -0.15) is 0 Å². The maximum absolute atomic E-state index is 12.5. The highest BCUT2D eigenvalue weighted by Crippen LogP contribution is 2.30. The number of urea groups is 1. The number of hydrogen-bond donors (Lipinski definition) is 2. The van der Waals surface area contributed by atoms with E-state index in [-0.39, 0.29) is 12.2 Å². The van der Waals surface area contributed by atoms with Crippen LogP contribution in [0.15, 0.2) is 24.3 Å². The first-order valence-electron chi connectivity index (χ1n) is 6.42. The molecular formula is C13H16N4O4. The van der Waals surface area contributed by atoms with Gasteiger partial charge in [0.1, 0.15) is 5.54 Å². The number of hydrogen-bond acceptors (Lipinski definition) is 5. The second kappa shape index (κ2) is 5.13. The number of amides is 3. The lowest BCUT2D eigenvalue weighted by molar-refractivity contribution is -0.384. The maximum Gasteiger partial charge on any atom is 0.325 e. The SMILES string of the molecule is CC(CN)N1C(=O)NC(C)(c2ccc([N+](=O)[O-])cc2)C1=O. The molecule has 8 heteroatoms. The third-order valence-electron chi connectivity index (χ3n) is 3.66. The molecule has 2 rings (SSSR count). The molecule has 0 bridgehead atoms. The van der Waals surface area contributed by atoms with Crippen molar-refractivity contribution in [2.75, 3.05) is 6.54 Å². The van der Waals surface area contributed by atoms with Crippen LogP contribution in [-0.4, -0.2) is 34.3 Å². The van der Waals surface area contributed by atoms with Crippen LogP contribution in [0.2, 0.25) is 0 Å². The van der Waals surface area contributed by atoms with Gasteiger partial charge in [0.15, 0.2) is 0 Å². The van der Waals surface area contributed by atoms with Gasteiger partial charge >= 0.3 is 6.03 Å². The molecule has 0 aromatic heterocycles. The van der Waals surface area contributed by atoms with E-state index >= 15 is 0 Å². The summed E-state index contributed by atoms with van der Waals surface area (Å²) in [5, 5.41) is 13.3. The van der Waals surface area contributed by atoms with Crippen molar-refractivity contribution in [1.82, 2.24) is 10.2 Å². The maximum atomic E-state index is 12.5. The van der Waals surface area contributed by atoms with E-state index in [9.17, 15) is 19.7 Å². The monoisotopic (exact) mass is 292 g/mol. The number of nitrogens with two attached hydrogens (primary N) is 1. The zero-order valence-corrected chi connectivity index (χ0v) is 11.7. The first kappa shape index (κ1) is 14.9. The van der Waals surface area contributed by atoms with Gasteiger partial charge in [0.2, 0.25) is 0 Å². The molecule has 1 aromatic carbocycles. The number of benzene rings is 1. The number of carbonyl (C=O) groups is 2. The number of carbonyl (C=O) groups excluding carboxylic acids is 2. The summed E-state index contributed by atoms with van der Waals surface area (Å²) in [5.74, 6) is -0.417. The minimum Gasteiger partial charge on any atom is -0.328 e. The summed E-state index contributed by atoms with van der Waals surface area (Å²) in [4.78, 5) is 35.7. The van der Waals surface area contributed by atoms with Gasteiger partial charge in [-0.25, -0.2) is 4.79 Å². The molecule has 0 spiro atoms. The topological polar surface area (TPSA) is 119 Å². The lowest BCUT2D eigenvalue weighted by Gasteiger charge is -2.24. The Morgan fingerprint density at radius 2 is 1.95 bits per heavy atom. The Bertz CT molecular complexity index is 601. The average molecular weight is 292 g/mol. The van der Waals surface area contributed by atoms with Crippen molar-refractivity contribution in [1.29, 1.82) is 0 Å². The smallest absolute Gasteiger partial charge is 0.325 e. The minimum absolute atomic E-state index is 0.0775. The standard InChI is InChI=1S/C13H16N4O4/c1-8(7-14)16-11(18)13(2,15-12(16)19)9-3-5-10(6-4-9)17(20)21/h3-6,8H,7,14H2,1-2H3,(H,15,19). The lowest BCUT2D eigenvalue weighted by Crippen LogP contribution is -2.45. The summed E-state index contributed by atoms with van der Waals surface area (Å²) >= 11 is 0. The molecule has 21 heavy (non-hydrogen) atoms. The van der Waals surface area contributed by atoms with Gasteiger partial charge in [-0.1, -0.05) is 0 Å². The largest absolute Gasteiger partial charge is 0.328 e. The number of rotatable bonds is 4. The van der Waals surface area contributed by atoms with Crippen LogP contribution < -0.4 is 11.1 Å². The molecule has 1 aliphatic rings. The molecule has 3 amide bonds. The molecule has 2 unspecified atom stereocenters. The molecule has 1 aliphatic heterocycles. The molecule has 0 radical (unpaired) electrons. The van der Waals surface area contributed by atoms with Crippen molar-refractivity contribution in [3.05, 3.63) is 39.9 Å². The Kier molecular flexibility index (Phi) is 3.65. The number of nitrogens with zero attached hydrogens (tertiary/aromatic N) is 2. The van der Waals surface area contributed by atoms with E-state index < -0.39 is 28.4 Å². The number of nitro benzene ring substituents is 1. The lowest BCUT2D eigenvalue weighted by atomic mass is 9.91. The molecule has 112 valence electrons. The first-order chi connectivity index (χ1) is 9.81. The van der Waals surface area contributed by atoms with Gasteiger partial charge in [-0.05, 0) is 31.5 Å². The van der Waals surface area contributed by atoms with Crippen molar-refractivity contribution in [3.63, 3.8) is 0 Å². The van der Waals surface area contributed by atoms with E-state index in [2.05, 4.69) is 5.32 Å². The Balaban J connectivity index is 2.36. The zero-order valence-electron chi connectivity index (χ0n) is 11.7. The molecule has 1 aromatic rings. The van der Waals surface area contributed by atoms with Gasteiger partial charge in [0, 0.05) is 18.7 Å². The molecule has 1 heterocycles. The van der Waals surface area contributed by atoms with E-state index in [4.69, 9.17) is 5.73 Å². The fourth-order valence-corrected chi connectivity index (χ4v) is 2.28. The fourth-order valence-electron chi connectivity index (χ4n) is 2.28. The van der Waals surface area contributed by atoms with Crippen LogP contribution in [0.3, 0.4) is 0 Å². The van der Waals surface area contributed by atoms with Crippen LogP contribution in [0.4, 0.5) is 10.5 Å². The average Bonchev–Trinajstić information content (AvgIpc) is 2.69. The molecular weight excluding hydrogens is 276 g/mol. The van der Waals surface area contributed by atoms with Crippen LogP contribution in [-0.2, 0) is 10.3 Å². The van der Waals surface area contributed by atoms with Gasteiger partial charge < -0.3 is 11.1 Å². The minimum atomic E-state index is -1.24. The van der Waals surface area contributed by atoms with Gasteiger partial charge in [0.25, 0.3) is 11.6 Å². The van der Waals surface area contributed by atoms with Crippen LogP contribution in [0.25, 0.3) is 0 Å². The van der Waals surface area contributed by atoms with E-state index in [0.717, 1.165) is 4.90 Å². The number of imide groups is 1. The molecule has 0 aliphatic carbocycles. The summed E-state index contributed by atoms with van der Waals surface area (Å²) in [7, 11) is 0. The number of nitro groups is 1. The molecule has 8 nitrogen and oxygen atoms in total. The van der Waals surface area contributed by atoms with Crippen molar-refractivity contribution in [3.8, 4) is 0 Å². The second-order valence-corrected chi connectivity index (χ2v) is 5.12. The highest BCUT2D eigenvalue weighted by atomic mass is 16.6. The van der Waals surface area contributed by atoms with E-state index in [1.807, 2.05) is 0 Å². The van der Waals surface area contributed by atoms with Crippen molar-refractivity contribution in [2.45, 2.75) is 25.4 Å². The Morgan fingerprint density at radius 1 is 1.38 bits per heavy atom. The van der Waals surface area contributed by atoms with Gasteiger partial charge in [-0.15, -0.1) is 0 Å².